The van der Waals surface area contributed by atoms with E-state index in [1.165, 1.54) is 13.2 Å². The molecule has 0 N–H and O–H groups in total. The van der Waals surface area contributed by atoms with Crippen LogP contribution in [0, 0.1) is 12.7 Å². The maximum absolute atomic E-state index is 14.0. The minimum atomic E-state index is -0.590. The number of pyridine rings is 1. The molecule has 0 amide bonds. The van der Waals surface area contributed by atoms with Gasteiger partial charge in [0.15, 0.2) is 11.6 Å². The van der Waals surface area contributed by atoms with E-state index in [0.29, 0.717) is 5.56 Å². The average molecular weight is 329 g/mol. The molecule has 3 rings (SSSR count). The Kier molecular flexibility index (Phi) is 4.26. The lowest BCUT2D eigenvalue weighted by molar-refractivity contribution is 0.386. The first kappa shape index (κ1) is 15.4. The van der Waals surface area contributed by atoms with Crippen LogP contribution in [0.15, 0.2) is 47.5 Å². The summed E-state index contributed by atoms with van der Waals surface area (Å²) in [6.45, 7) is 1.94. The maximum atomic E-state index is 14.0. The molecule has 0 aliphatic heterocycles. The highest BCUT2D eigenvalue weighted by atomic mass is 35.5. The summed E-state index contributed by atoms with van der Waals surface area (Å²) in [4.78, 5) is 8.90. The Balaban J connectivity index is 2.02. The molecule has 0 fully saturated rings. The normalized spacial score (nSPS) is 11.3. The van der Waals surface area contributed by atoms with E-state index in [2.05, 4.69) is 9.98 Å². The lowest BCUT2D eigenvalue weighted by Gasteiger charge is -2.06. The van der Waals surface area contributed by atoms with E-state index in [9.17, 15) is 4.39 Å². The summed E-state index contributed by atoms with van der Waals surface area (Å²) in [6, 6.07) is 12.8. The first-order valence-corrected chi connectivity index (χ1v) is 7.40. The SMILES string of the molecule is COc1ccc(C=Nc2cccc3nc(C)ccc23)c(Cl)c1F. The molecule has 116 valence electrons. The molecule has 0 aliphatic rings. The number of methoxy groups -OCH3 is 1. The smallest absolute Gasteiger partial charge is 0.184 e. The van der Waals surface area contributed by atoms with Crippen LogP contribution in [0.25, 0.3) is 10.9 Å². The number of benzene rings is 2. The molecule has 0 saturated carbocycles. The van der Waals surface area contributed by atoms with Gasteiger partial charge in [0.2, 0.25) is 0 Å². The Hall–Kier alpha value is -2.46. The molecule has 1 heterocycles. The van der Waals surface area contributed by atoms with Gasteiger partial charge in [-0.1, -0.05) is 17.7 Å². The molecule has 3 nitrogen and oxygen atoms in total. The number of aromatic nitrogens is 1. The highest BCUT2D eigenvalue weighted by Crippen LogP contribution is 2.29. The Morgan fingerprint density at radius 2 is 2.00 bits per heavy atom. The van der Waals surface area contributed by atoms with Crippen molar-refractivity contribution in [1.29, 1.82) is 0 Å². The van der Waals surface area contributed by atoms with E-state index >= 15 is 0 Å². The van der Waals surface area contributed by atoms with E-state index in [0.717, 1.165) is 22.3 Å². The van der Waals surface area contributed by atoms with Crippen molar-refractivity contribution < 1.29 is 9.13 Å². The molecule has 0 spiro atoms. The standard InChI is InChI=1S/C18H14ClFN2O/c1-11-6-8-13-14(4-3-5-15(13)22-11)21-10-12-7-9-16(23-2)18(20)17(12)19/h3-10H,1-2H3. The second kappa shape index (κ2) is 6.34. The number of nitrogens with zero attached hydrogens (tertiary/aromatic N) is 2. The van der Waals surface area contributed by atoms with Gasteiger partial charge in [-0.05, 0) is 43.3 Å². The summed E-state index contributed by atoms with van der Waals surface area (Å²) in [7, 11) is 1.40. The van der Waals surface area contributed by atoms with Gasteiger partial charge in [0.1, 0.15) is 0 Å². The molecule has 5 heteroatoms. The van der Waals surface area contributed by atoms with Gasteiger partial charge in [-0.2, -0.15) is 0 Å². The van der Waals surface area contributed by atoms with E-state index in [4.69, 9.17) is 16.3 Å². The monoisotopic (exact) mass is 328 g/mol. The van der Waals surface area contributed by atoms with Crippen molar-refractivity contribution in [1.82, 2.24) is 4.98 Å². The number of halogens is 2. The zero-order chi connectivity index (χ0) is 16.4. The fourth-order valence-corrected chi connectivity index (χ4v) is 2.50. The van der Waals surface area contributed by atoms with Crippen LogP contribution in [0.3, 0.4) is 0 Å². The van der Waals surface area contributed by atoms with Gasteiger partial charge >= 0.3 is 0 Å². The summed E-state index contributed by atoms with van der Waals surface area (Å²) in [5.41, 5.74) is 3.05. The van der Waals surface area contributed by atoms with Gasteiger partial charge in [-0.25, -0.2) is 4.39 Å². The van der Waals surface area contributed by atoms with Gasteiger partial charge in [0.05, 0.1) is 23.3 Å². The largest absolute Gasteiger partial charge is 0.494 e. The summed E-state index contributed by atoms with van der Waals surface area (Å²) in [5.74, 6) is -0.481. The van der Waals surface area contributed by atoms with Crippen LogP contribution in [0.1, 0.15) is 11.3 Å². The van der Waals surface area contributed by atoms with Crippen molar-refractivity contribution in [2.45, 2.75) is 6.92 Å². The molecule has 0 unspecified atom stereocenters. The van der Waals surface area contributed by atoms with Crippen molar-refractivity contribution in [2.24, 2.45) is 4.99 Å². The third kappa shape index (κ3) is 3.03. The predicted molar refractivity (Wildman–Crippen MR) is 91.7 cm³/mol. The minimum Gasteiger partial charge on any atom is -0.494 e. The van der Waals surface area contributed by atoms with E-state index in [1.54, 1.807) is 12.3 Å². The molecule has 0 radical (unpaired) electrons. The molecule has 3 aromatic rings. The summed E-state index contributed by atoms with van der Waals surface area (Å²) < 4.78 is 18.9. The minimum absolute atomic E-state index is 0.0118. The topological polar surface area (TPSA) is 34.5 Å². The number of hydrogen-bond donors (Lipinski definition) is 0. The number of aliphatic imine (C=N–C) groups is 1. The molecule has 0 bridgehead atoms. The van der Waals surface area contributed by atoms with Crippen molar-refractivity contribution in [3.8, 4) is 5.75 Å². The number of ether oxygens (including phenoxy) is 1. The molecular weight excluding hydrogens is 315 g/mol. The lowest BCUT2D eigenvalue weighted by Crippen LogP contribution is -1.93. The molecule has 2 aromatic carbocycles. The maximum Gasteiger partial charge on any atom is 0.184 e. The average Bonchev–Trinajstić information content (AvgIpc) is 2.56. The van der Waals surface area contributed by atoms with Crippen LogP contribution < -0.4 is 4.74 Å². The van der Waals surface area contributed by atoms with Crippen molar-refractivity contribution >= 4 is 34.4 Å². The van der Waals surface area contributed by atoms with Crippen molar-refractivity contribution in [2.75, 3.05) is 7.11 Å². The fourth-order valence-electron chi connectivity index (χ4n) is 2.30. The second-order valence-electron chi connectivity index (χ2n) is 5.04. The third-order valence-corrected chi connectivity index (χ3v) is 3.87. The first-order chi connectivity index (χ1) is 11.1. The van der Waals surface area contributed by atoms with Crippen LogP contribution in [0.2, 0.25) is 5.02 Å². The van der Waals surface area contributed by atoms with E-state index in [-0.39, 0.29) is 10.8 Å². The zero-order valence-electron chi connectivity index (χ0n) is 12.7. The summed E-state index contributed by atoms with van der Waals surface area (Å²) in [5, 5.41) is 0.918. The zero-order valence-corrected chi connectivity index (χ0v) is 13.4. The number of fused-ring (bicyclic) bond motifs is 1. The van der Waals surface area contributed by atoms with Gasteiger partial charge < -0.3 is 4.74 Å². The number of rotatable bonds is 3. The van der Waals surface area contributed by atoms with Crippen LogP contribution in [0.5, 0.6) is 5.75 Å². The number of aryl methyl sites for hydroxylation is 1. The van der Waals surface area contributed by atoms with Crippen LogP contribution >= 0.6 is 11.6 Å². The van der Waals surface area contributed by atoms with Crippen molar-refractivity contribution in [3.05, 3.63) is 64.6 Å². The Morgan fingerprint density at radius 1 is 1.17 bits per heavy atom. The van der Waals surface area contributed by atoms with Crippen LogP contribution in [-0.4, -0.2) is 18.3 Å². The molecular formula is C18H14ClFN2O. The van der Waals surface area contributed by atoms with Crippen LogP contribution in [0.4, 0.5) is 10.1 Å². The van der Waals surface area contributed by atoms with Gasteiger partial charge in [-0.3, -0.25) is 9.98 Å². The van der Waals surface area contributed by atoms with Crippen LogP contribution in [-0.2, 0) is 0 Å². The van der Waals surface area contributed by atoms with E-state index < -0.39 is 5.82 Å². The molecule has 23 heavy (non-hydrogen) atoms. The van der Waals surface area contributed by atoms with Gasteiger partial charge in [0.25, 0.3) is 0 Å². The predicted octanol–water partition coefficient (Wildman–Crippen LogP) is 5.09. The van der Waals surface area contributed by atoms with Gasteiger partial charge in [0, 0.05) is 22.9 Å². The molecule has 0 atom stereocenters. The highest BCUT2D eigenvalue weighted by molar-refractivity contribution is 6.33. The lowest BCUT2D eigenvalue weighted by atomic mass is 10.1. The van der Waals surface area contributed by atoms with Gasteiger partial charge in [-0.15, -0.1) is 0 Å². The van der Waals surface area contributed by atoms with Crippen molar-refractivity contribution in [3.63, 3.8) is 0 Å². The molecule has 0 aliphatic carbocycles. The second-order valence-corrected chi connectivity index (χ2v) is 5.42. The summed E-state index contributed by atoms with van der Waals surface area (Å²) in [6.07, 6.45) is 1.54. The first-order valence-electron chi connectivity index (χ1n) is 7.02. The Labute approximate surface area is 138 Å². The number of hydrogen-bond acceptors (Lipinski definition) is 3. The fraction of sp³-hybridized carbons (Fsp3) is 0.111. The Morgan fingerprint density at radius 3 is 2.78 bits per heavy atom. The molecule has 0 saturated heterocycles. The Bertz CT molecular complexity index is 909. The third-order valence-electron chi connectivity index (χ3n) is 3.49. The summed E-state index contributed by atoms with van der Waals surface area (Å²) >= 11 is 6.02. The highest BCUT2D eigenvalue weighted by Gasteiger charge is 2.11. The van der Waals surface area contributed by atoms with E-state index in [1.807, 2.05) is 37.3 Å². The quantitative estimate of drug-likeness (QED) is 0.627. The molecule has 1 aromatic heterocycles.